The third kappa shape index (κ3) is 3.55. The standard InChI is InChI=1S/C18H12F3NO3/c1-10(23)15-9-11-8-12(18(19,20)21)2-7-16(11)25-17(15)22-13-3-5-14(24)6-4-13/h2-9,24H,1H3. The minimum Gasteiger partial charge on any atom is -0.508 e. The lowest BCUT2D eigenvalue weighted by atomic mass is 10.1. The lowest BCUT2D eigenvalue weighted by Crippen LogP contribution is -2.13. The molecular weight excluding hydrogens is 335 g/mol. The van der Waals surface area contributed by atoms with Gasteiger partial charge in [-0.25, -0.2) is 4.99 Å². The molecule has 2 aromatic carbocycles. The maximum absolute atomic E-state index is 12.8. The summed E-state index contributed by atoms with van der Waals surface area (Å²) in [5.41, 5.74) is -0.163. The monoisotopic (exact) mass is 347 g/mol. The number of hydrogen-bond donors (Lipinski definition) is 1. The summed E-state index contributed by atoms with van der Waals surface area (Å²) in [5, 5.41) is 9.44. The van der Waals surface area contributed by atoms with Crippen LogP contribution in [0.25, 0.3) is 11.0 Å². The Morgan fingerprint density at radius 3 is 2.36 bits per heavy atom. The maximum atomic E-state index is 12.8. The largest absolute Gasteiger partial charge is 0.508 e. The third-order valence-electron chi connectivity index (χ3n) is 3.53. The van der Waals surface area contributed by atoms with E-state index in [-0.39, 0.29) is 33.6 Å². The molecular formula is C18H12F3NO3. The summed E-state index contributed by atoms with van der Waals surface area (Å²) in [6.07, 6.45) is -4.49. The van der Waals surface area contributed by atoms with Crippen molar-refractivity contribution in [2.45, 2.75) is 13.1 Å². The van der Waals surface area contributed by atoms with Crippen molar-refractivity contribution in [1.82, 2.24) is 0 Å². The van der Waals surface area contributed by atoms with E-state index in [0.29, 0.717) is 5.69 Å². The molecule has 0 saturated heterocycles. The fourth-order valence-electron chi connectivity index (χ4n) is 2.29. The number of carbonyl (C=O) groups is 1. The highest BCUT2D eigenvalue weighted by atomic mass is 19.4. The Hall–Kier alpha value is -3.09. The molecule has 0 aliphatic carbocycles. The highest BCUT2D eigenvalue weighted by Gasteiger charge is 2.30. The van der Waals surface area contributed by atoms with Crippen molar-refractivity contribution < 1.29 is 27.5 Å². The number of carbonyl (C=O) groups excluding carboxylic acids is 1. The summed E-state index contributed by atoms with van der Waals surface area (Å²) in [5.74, 6) is -0.332. The van der Waals surface area contributed by atoms with Gasteiger partial charge in [0.05, 0.1) is 16.8 Å². The predicted molar refractivity (Wildman–Crippen MR) is 84.6 cm³/mol. The zero-order valence-corrected chi connectivity index (χ0v) is 13.0. The van der Waals surface area contributed by atoms with Crippen LogP contribution in [0.4, 0.5) is 18.9 Å². The van der Waals surface area contributed by atoms with Crippen LogP contribution in [-0.2, 0) is 6.18 Å². The first-order valence-electron chi connectivity index (χ1n) is 7.24. The molecule has 128 valence electrons. The van der Waals surface area contributed by atoms with Gasteiger partial charge >= 0.3 is 6.18 Å². The summed E-state index contributed by atoms with van der Waals surface area (Å²) < 4.78 is 44.1. The number of ketones is 1. The highest BCUT2D eigenvalue weighted by Crippen LogP contribution is 2.31. The number of rotatable bonds is 2. The van der Waals surface area contributed by atoms with Crippen molar-refractivity contribution in [1.29, 1.82) is 0 Å². The summed E-state index contributed by atoms with van der Waals surface area (Å²) >= 11 is 0. The van der Waals surface area contributed by atoms with Crippen LogP contribution in [0, 0.1) is 0 Å². The van der Waals surface area contributed by atoms with E-state index in [1.54, 1.807) is 0 Å². The lowest BCUT2D eigenvalue weighted by Gasteiger charge is -2.08. The van der Waals surface area contributed by atoms with Crippen LogP contribution in [0.5, 0.6) is 5.75 Å². The van der Waals surface area contributed by atoms with E-state index in [2.05, 4.69) is 4.99 Å². The van der Waals surface area contributed by atoms with E-state index in [1.807, 2.05) is 0 Å². The van der Waals surface area contributed by atoms with Gasteiger partial charge in [0.15, 0.2) is 5.78 Å². The van der Waals surface area contributed by atoms with Gasteiger partial charge in [0.2, 0.25) is 5.55 Å². The molecule has 0 saturated carbocycles. The molecule has 0 radical (unpaired) electrons. The Balaban J connectivity index is 2.23. The molecule has 4 nitrogen and oxygen atoms in total. The number of Topliss-reactive ketones (excluding diaryl/α,β-unsaturated/α-hetero) is 1. The van der Waals surface area contributed by atoms with Crippen molar-refractivity contribution in [3.63, 3.8) is 0 Å². The van der Waals surface area contributed by atoms with Crippen LogP contribution in [0.1, 0.15) is 22.8 Å². The SMILES string of the molecule is CC(=O)c1cc2cc(C(F)(F)F)ccc2oc1=Nc1ccc(O)cc1. The van der Waals surface area contributed by atoms with Gasteiger partial charge in [-0.05, 0) is 55.5 Å². The van der Waals surface area contributed by atoms with Crippen molar-refractivity contribution in [3.05, 3.63) is 65.2 Å². The molecule has 0 spiro atoms. The number of phenolic OH excluding ortho intramolecular Hbond substituents is 1. The Morgan fingerprint density at radius 1 is 1.08 bits per heavy atom. The number of phenols is 1. The molecule has 7 heteroatoms. The maximum Gasteiger partial charge on any atom is 0.416 e. The Kier molecular flexibility index (Phi) is 4.08. The van der Waals surface area contributed by atoms with Gasteiger partial charge in [0, 0.05) is 5.39 Å². The molecule has 1 aromatic heterocycles. The number of benzene rings is 2. The fourth-order valence-corrected chi connectivity index (χ4v) is 2.29. The average Bonchev–Trinajstić information content (AvgIpc) is 2.55. The van der Waals surface area contributed by atoms with E-state index in [4.69, 9.17) is 4.42 Å². The molecule has 0 aliphatic heterocycles. The topological polar surface area (TPSA) is 62.8 Å². The van der Waals surface area contributed by atoms with Crippen molar-refractivity contribution in [2.75, 3.05) is 0 Å². The molecule has 1 N–H and O–H groups in total. The highest BCUT2D eigenvalue weighted by molar-refractivity contribution is 5.96. The fraction of sp³-hybridized carbons (Fsp3) is 0.111. The van der Waals surface area contributed by atoms with Crippen LogP contribution >= 0.6 is 0 Å². The molecule has 3 aromatic rings. The van der Waals surface area contributed by atoms with Gasteiger partial charge < -0.3 is 9.52 Å². The number of nitrogens with zero attached hydrogens (tertiary/aromatic N) is 1. The van der Waals surface area contributed by atoms with E-state index in [9.17, 15) is 23.1 Å². The normalized spacial score (nSPS) is 12.6. The molecule has 3 rings (SSSR count). The van der Waals surface area contributed by atoms with E-state index in [0.717, 1.165) is 12.1 Å². The van der Waals surface area contributed by atoms with Gasteiger partial charge in [-0.1, -0.05) is 0 Å². The number of fused-ring (bicyclic) bond motifs is 1. The van der Waals surface area contributed by atoms with Crippen LogP contribution in [0.2, 0.25) is 0 Å². The first-order valence-corrected chi connectivity index (χ1v) is 7.24. The minimum atomic E-state index is -4.49. The van der Waals surface area contributed by atoms with Gasteiger partial charge in [-0.2, -0.15) is 13.2 Å². The summed E-state index contributed by atoms with van der Waals surface area (Å²) in [6.45, 7) is 1.28. The molecule has 0 amide bonds. The predicted octanol–water partition coefficient (Wildman–Crippen LogP) is 4.59. The molecule has 0 fully saturated rings. The van der Waals surface area contributed by atoms with Crippen LogP contribution in [0.3, 0.4) is 0 Å². The molecule has 0 aliphatic rings. The molecule has 0 bridgehead atoms. The van der Waals surface area contributed by atoms with E-state index in [1.165, 1.54) is 43.3 Å². The van der Waals surface area contributed by atoms with Gasteiger partial charge in [-0.3, -0.25) is 4.79 Å². The lowest BCUT2D eigenvalue weighted by molar-refractivity contribution is -0.137. The second-order valence-electron chi connectivity index (χ2n) is 5.40. The first-order chi connectivity index (χ1) is 11.7. The van der Waals surface area contributed by atoms with Crippen LogP contribution in [-0.4, -0.2) is 10.9 Å². The molecule has 0 unspecified atom stereocenters. The zero-order chi connectivity index (χ0) is 18.2. The van der Waals surface area contributed by atoms with Crippen LogP contribution in [0.15, 0.2) is 57.9 Å². The number of hydrogen-bond acceptors (Lipinski definition) is 4. The molecule has 1 heterocycles. The quantitative estimate of drug-likeness (QED) is 0.690. The first kappa shape index (κ1) is 16.8. The minimum absolute atomic E-state index is 0.00884. The van der Waals surface area contributed by atoms with Crippen molar-refractivity contribution in [2.24, 2.45) is 4.99 Å². The smallest absolute Gasteiger partial charge is 0.416 e. The van der Waals surface area contributed by atoms with Gasteiger partial charge in [0.1, 0.15) is 11.3 Å². The zero-order valence-electron chi connectivity index (χ0n) is 13.0. The third-order valence-corrected chi connectivity index (χ3v) is 3.53. The number of halogens is 3. The van der Waals surface area contributed by atoms with Gasteiger partial charge in [0.25, 0.3) is 0 Å². The Labute approximate surface area is 139 Å². The van der Waals surface area contributed by atoms with E-state index >= 15 is 0 Å². The Morgan fingerprint density at radius 2 is 1.76 bits per heavy atom. The second kappa shape index (κ2) is 6.08. The molecule has 0 atom stereocenters. The Bertz CT molecular complexity index is 1020. The number of aromatic hydroxyl groups is 1. The van der Waals surface area contributed by atoms with Crippen LogP contribution < -0.4 is 5.55 Å². The summed E-state index contributed by atoms with van der Waals surface area (Å²) in [7, 11) is 0. The van der Waals surface area contributed by atoms with Gasteiger partial charge in [-0.15, -0.1) is 0 Å². The van der Waals surface area contributed by atoms with E-state index < -0.39 is 11.7 Å². The average molecular weight is 347 g/mol. The second-order valence-corrected chi connectivity index (χ2v) is 5.40. The summed E-state index contributed by atoms with van der Waals surface area (Å²) in [6, 6.07) is 10.2. The molecule has 25 heavy (non-hydrogen) atoms. The van der Waals surface area contributed by atoms with Crippen molar-refractivity contribution in [3.8, 4) is 5.75 Å². The summed E-state index contributed by atoms with van der Waals surface area (Å²) in [4.78, 5) is 16.1. The van der Waals surface area contributed by atoms with Crippen molar-refractivity contribution >= 4 is 22.4 Å². The number of alkyl halides is 3.